The average molecular weight is 263 g/mol. The number of aliphatic hydroxyl groups is 1. The molecule has 0 bridgehead atoms. The van der Waals surface area contributed by atoms with Gasteiger partial charge >= 0.3 is 0 Å². The van der Waals surface area contributed by atoms with Crippen LogP contribution in [0.2, 0.25) is 0 Å². The molecule has 106 valence electrons. The van der Waals surface area contributed by atoms with Gasteiger partial charge in [0.25, 0.3) is 5.91 Å². The third-order valence-corrected chi connectivity index (χ3v) is 3.86. The Bertz CT molecular complexity index is 473. The highest BCUT2D eigenvalue weighted by atomic mass is 16.3. The molecule has 0 aliphatic rings. The molecule has 2 N–H and O–H groups in total. The summed E-state index contributed by atoms with van der Waals surface area (Å²) in [5, 5.41) is 13.0. The number of benzene rings is 1. The van der Waals surface area contributed by atoms with Gasteiger partial charge in [-0.3, -0.25) is 4.79 Å². The summed E-state index contributed by atoms with van der Waals surface area (Å²) >= 11 is 0. The maximum absolute atomic E-state index is 12.4. The van der Waals surface area contributed by atoms with E-state index >= 15 is 0 Å². The van der Waals surface area contributed by atoms with Crippen molar-refractivity contribution in [3.8, 4) is 0 Å². The van der Waals surface area contributed by atoms with Crippen molar-refractivity contribution in [2.75, 3.05) is 0 Å². The molecular weight excluding hydrogens is 238 g/mol. The lowest BCUT2D eigenvalue weighted by atomic mass is 9.85. The largest absolute Gasteiger partial charge is 0.388 e. The first-order chi connectivity index (χ1) is 8.45. The zero-order valence-electron chi connectivity index (χ0n) is 13.0. The van der Waals surface area contributed by atoms with Crippen LogP contribution in [0.5, 0.6) is 0 Å². The van der Waals surface area contributed by atoms with Gasteiger partial charge in [0.15, 0.2) is 0 Å². The molecule has 1 amide bonds. The molecule has 0 aromatic heterocycles. The molecule has 0 heterocycles. The summed E-state index contributed by atoms with van der Waals surface area (Å²) in [5.41, 5.74) is 2.07. The van der Waals surface area contributed by atoms with Crippen molar-refractivity contribution in [2.24, 2.45) is 0 Å². The summed E-state index contributed by atoms with van der Waals surface area (Å²) < 4.78 is 0. The summed E-state index contributed by atoms with van der Waals surface area (Å²) in [6.07, 6.45) is 0. The predicted octanol–water partition coefficient (Wildman–Crippen LogP) is 2.89. The Hall–Kier alpha value is -1.35. The number of amides is 1. The van der Waals surface area contributed by atoms with Gasteiger partial charge < -0.3 is 10.4 Å². The highest BCUT2D eigenvalue weighted by molar-refractivity contribution is 5.97. The molecule has 3 nitrogen and oxygen atoms in total. The quantitative estimate of drug-likeness (QED) is 0.881. The topological polar surface area (TPSA) is 49.3 Å². The van der Waals surface area contributed by atoms with Crippen LogP contribution in [0.1, 0.15) is 54.7 Å². The second-order valence-electron chi connectivity index (χ2n) is 6.41. The minimum atomic E-state index is -0.991. The number of rotatable bonds is 3. The van der Waals surface area contributed by atoms with Crippen LogP contribution >= 0.6 is 0 Å². The fraction of sp³-hybridized carbons (Fsp3) is 0.562. The first kappa shape index (κ1) is 15.7. The van der Waals surface area contributed by atoms with Crippen molar-refractivity contribution in [3.63, 3.8) is 0 Å². The summed E-state index contributed by atoms with van der Waals surface area (Å²) in [6, 6.07) is 4.00. The van der Waals surface area contributed by atoms with Crippen molar-refractivity contribution < 1.29 is 9.90 Å². The monoisotopic (exact) mass is 263 g/mol. The molecule has 0 radical (unpaired) electrons. The molecule has 0 fully saturated rings. The van der Waals surface area contributed by atoms with E-state index in [0.717, 1.165) is 16.7 Å². The van der Waals surface area contributed by atoms with Crippen molar-refractivity contribution in [2.45, 2.75) is 59.6 Å². The van der Waals surface area contributed by atoms with Gasteiger partial charge in [0.1, 0.15) is 0 Å². The summed E-state index contributed by atoms with van der Waals surface area (Å²) in [5.74, 6) is -0.137. The van der Waals surface area contributed by atoms with Gasteiger partial charge in [-0.05, 0) is 59.6 Å². The molecule has 0 aliphatic carbocycles. The van der Waals surface area contributed by atoms with E-state index in [9.17, 15) is 9.90 Å². The Morgan fingerprint density at radius 3 is 1.84 bits per heavy atom. The van der Waals surface area contributed by atoms with Gasteiger partial charge in [0.05, 0.1) is 11.1 Å². The van der Waals surface area contributed by atoms with Crippen LogP contribution in [-0.2, 0) is 0 Å². The lowest BCUT2D eigenvalue weighted by Gasteiger charge is -2.38. The Balaban J connectivity index is 3.10. The fourth-order valence-corrected chi connectivity index (χ4v) is 2.04. The van der Waals surface area contributed by atoms with Crippen molar-refractivity contribution in [1.82, 2.24) is 5.32 Å². The lowest BCUT2D eigenvalue weighted by molar-refractivity contribution is -0.00295. The third-order valence-electron chi connectivity index (χ3n) is 3.86. The van der Waals surface area contributed by atoms with Gasteiger partial charge in [0, 0.05) is 5.56 Å². The number of nitrogens with one attached hydrogen (secondary N) is 1. The van der Waals surface area contributed by atoms with Crippen LogP contribution in [0.25, 0.3) is 0 Å². The molecular formula is C16H25NO2. The highest BCUT2D eigenvalue weighted by Gasteiger charge is 2.36. The van der Waals surface area contributed by atoms with Crippen LogP contribution in [0.4, 0.5) is 0 Å². The molecule has 0 saturated carbocycles. The SMILES string of the molecule is Cc1cc(C)c(C(=O)NC(C)(C)C(C)(C)O)c(C)c1. The van der Waals surface area contributed by atoms with E-state index in [1.165, 1.54) is 0 Å². The van der Waals surface area contributed by atoms with Crippen LogP contribution in [0, 0.1) is 20.8 Å². The van der Waals surface area contributed by atoms with E-state index in [1.807, 2.05) is 46.8 Å². The fourth-order valence-electron chi connectivity index (χ4n) is 2.04. The van der Waals surface area contributed by atoms with Crippen molar-refractivity contribution in [1.29, 1.82) is 0 Å². The standard InChI is InChI=1S/C16H25NO2/c1-10-8-11(2)13(12(3)9-10)14(18)17-15(4,5)16(6,7)19/h8-9,19H,1-7H3,(H,17,18). The van der Waals surface area contributed by atoms with E-state index in [0.29, 0.717) is 5.56 Å². The molecule has 0 spiro atoms. The van der Waals surface area contributed by atoms with Crippen LogP contribution in [0.15, 0.2) is 12.1 Å². The smallest absolute Gasteiger partial charge is 0.252 e. The van der Waals surface area contributed by atoms with Gasteiger partial charge in [0.2, 0.25) is 0 Å². The second kappa shape index (κ2) is 4.97. The minimum Gasteiger partial charge on any atom is -0.388 e. The second-order valence-corrected chi connectivity index (χ2v) is 6.41. The molecule has 3 heteroatoms. The molecule has 0 unspecified atom stereocenters. The van der Waals surface area contributed by atoms with Crippen LogP contribution < -0.4 is 5.32 Å². The van der Waals surface area contributed by atoms with E-state index in [2.05, 4.69) is 5.32 Å². The van der Waals surface area contributed by atoms with Crippen molar-refractivity contribution in [3.05, 3.63) is 34.4 Å². The molecule has 0 aliphatic heterocycles. The Kier molecular flexibility index (Phi) is 4.11. The van der Waals surface area contributed by atoms with E-state index in [-0.39, 0.29) is 5.91 Å². The first-order valence-electron chi connectivity index (χ1n) is 6.58. The van der Waals surface area contributed by atoms with Crippen LogP contribution in [-0.4, -0.2) is 22.2 Å². The highest BCUT2D eigenvalue weighted by Crippen LogP contribution is 2.23. The summed E-state index contributed by atoms with van der Waals surface area (Å²) in [6.45, 7) is 12.9. The first-order valence-corrected chi connectivity index (χ1v) is 6.58. The summed E-state index contributed by atoms with van der Waals surface area (Å²) in [4.78, 5) is 12.4. The maximum Gasteiger partial charge on any atom is 0.252 e. The molecule has 1 aromatic rings. The number of aryl methyl sites for hydroxylation is 3. The van der Waals surface area contributed by atoms with Crippen molar-refractivity contribution >= 4 is 5.91 Å². The van der Waals surface area contributed by atoms with E-state index in [4.69, 9.17) is 0 Å². The van der Waals surface area contributed by atoms with E-state index in [1.54, 1.807) is 13.8 Å². The van der Waals surface area contributed by atoms with E-state index < -0.39 is 11.1 Å². The molecule has 0 saturated heterocycles. The number of carbonyl (C=O) groups is 1. The van der Waals surface area contributed by atoms with Gasteiger partial charge in [-0.1, -0.05) is 17.7 Å². The maximum atomic E-state index is 12.4. The molecule has 19 heavy (non-hydrogen) atoms. The Labute approximate surface area is 116 Å². The normalized spacial score (nSPS) is 12.4. The predicted molar refractivity (Wildman–Crippen MR) is 78.5 cm³/mol. The number of hydrogen-bond donors (Lipinski definition) is 2. The molecule has 0 atom stereocenters. The van der Waals surface area contributed by atoms with Gasteiger partial charge in [-0.2, -0.15) is 0 Å². The summed E-state index contributed by atoms with van der Waals surface area (Å²) in [7, 11) is 0. The number of hydrogen-bond acceptors (Lipinski definition) is 2. The molecule has 1 rings (SSSR count). The minimum absolute atomic E-state index is 0.137. The zero-order valence-corrected chi connectivity index (χ0v) is 13.0. The average Bonchev–Trinajstić information content (AvgIpc) is 2.12. The number of carbonyl (C=O) groups excluding carboxylic acids is 1. The molecule has 1 aromatic carbocycles. The zero-order chi connectivity index (χ0) is 15.0. The van der Waals surface area contributed by atoms with Gasteiger partial charge in [-0.25, -0.2) is 0 Å². The lowest BCUT2D eigenvalue weighted by Crippen LogP contribution is -2.57. The van der Waals surface area contributed by atoms with Crippen LogP contribution in [0.3, 0.4) is 0 Å². The Morgan fingerprint density at radius 2 is 1.47 bits per heavy atom. The Morgan fingerprint density at radius 1 is 1.05 bits per heavy atom. The van der Waals surface area contributed by atoms with Gasteiger partial charge in [-0.15, -0.1) is 0 Å². The third kappa shape index (κ3) is 3.35.